The van der Waals surface area contributed by atoms with Gasteiger partial charge in [-0.05, 0) is 54.9 Å². The fourth-order valence-corrected chi connectivity index (χ4v) is 4.65. The summed E-state index contributed by atoms with van der Waals surface area (Å²) < 4.78 is 5.75. The number of pyridine rings is 1. The van der Waals surface area contributed by atoms with Gasteiger partial charge in [-0.3, -0.25) is 9.78 Å². The Balaban J connectivity index is 1.33. The minimum absolute atomic E-state index is 0.0318. The summed E-state index contributed by atoms with van der Waals surface area (Å²) >= 11 is 0. The molecule has 5 heteroatoms. The maximum absolute atomic E-state index is 12.7. The quantitative estimate of drug-likeness (QED) is 0.810. The molecule has 2 aliphatic carbocycles. The first kappa shape index (κ1) is 19.1. The molecule has 1 aromatic carbocycles. The number of rotatable bonds is 6. The number of fused-ring (bicyclic) bond motifs is 1. The summed E-state index contributed by atoms with van der Waals surface area (Å²) in [5, 5.41) is 6.89. The SMILES string of the molecule is CO[C@@H]1CC[C@H](C(=O)NCc2cccnc2)C[C@H]1NC1Cc2ccccc2C1. The number of hydrogen-bond acceptors (Lipinski definition) is 4. The van der Waals surface area contributed by atoms with Crippen molar-refractivity contribution >= 4 is 5.91 Å². The van der Waals surface area contributed by atoms with Crippen molar-refractivity contribution in [2.75, 3.05) is 7.11 Å². The summed E-state index contributed by atoms with van der Waals surface area (Å²) in [6.45, 7) is 0.535. The Morgan fingerprint density at radius 2 is 1.93 bits per heavy atom. The minimum Gasteiger partial charge on any atom is -0.380 e. The van der Waals surface area contributed by atoms with Crippen LogP contribution in [0.2, 0.25) is 0 Å². The number of amides is 1. The molecule has 5 nitrogen and oxygen atoms in total. The van der Waals surface area contributed by atoms with Gasteiger partial charge in [-0.15, -0.1) is 0 Å². The van der Waals surface area contributed by atoms with Crippen LogP contribution in [-0.4, -0.2) is 36.2 Å². The molecule has 3 atom stereocenters. The Bertz CT molecular complexity index is 770. The zero-order valence-electron chi connectivity index (χ0n) is 16.4. The van der Waals surface area contributed by atoms with E-state index in [1.54, 1.807) is 19.5 Å². The van der Waals surface area contributed by atoms with Crippen molar-refractivity contribution in [2.24, 2.45) is 5.92 Å². The van der Waals surface area contributed by atoms with Crippen molar-refractivity contribution in [1.29, 1.82) is 0 Å². The zero-order chi connectivity index (χ0) is 19.3. The highest BCUT2D eigenvalue weighted by Gasteiger charge is 2.36. The highest BCUT2D eigenvalue weighted by Crippen LogP contribution is 2.29. The van der Waals surface area contributed by atoms with Gasteiger partial charge in [0, 0.05) is 44.0 Å². The molecule has 2 aliphatic rings. The summed E-state index contributed by atoms with van der Waals surface area (Å²) in [6.07, 6.45) is 8.44. The molecule has 0 radical (unpaired) electrons. The number of nitrogens with zero attached hydrogens (tertiary/aromatic N) is 1. The largest absolute Gasteiger partial charge is 0.380 e. The topological polar surface area (TPSA) is 63.2 Å². The van der Waals surface area contributed by atoms with E-state index in [9.17, 15) is 4.79 Å². The number of ether oxygens (including phenoxy) is 1. The van der Waals surface area contributed by atoms with Crippen molar-refractivity contribution < 1.29 is 9.53 Å². The van der Waals surface area contributed by atoms with Gasteiger partial charge in [0.2, 0.25) is 5.91 Å². The van der Waals surface area contributed by atoms with Crippen LogP contribution in [-0.2, 0) is 28.9 Å². The van der Waals surface area contributed by atoms with Crippen molar-refractivity contribution in [3.05, 3.63) is 65.5 Å². The monoisotopic (exact) mass is 379 g/mol. The molecule has 2 aromatic rings. The van der Waals surface area contributed by atoms with Crippen LogP contribution in [0.4, 0.5) is 0 Å². The van der Waals surface area contributed by atoms with Gasteiger partial charge in [-0.25, -0.2) is 0 Å². The molecule has 0 spiro atoms. The second-order valence-electron chi connectivity index (χ2n) is 8.01. The van der Waals surface area contributed by atoms with Crippen molar-refractivity contribution in [2.45, 2.75) is 56.8 Å². The number of carbonyl (C=O) groups excluding carboxylic acids is 1. The Morgan fingerprint density at radius 3 is 2.61 bits per heavy atom. The summed E-state index contributed by atoms with van der Waals surface area (Å²) in [5.41, 5.74) is 3.91. The average molecular weight is 380 g/mol. The number of carbonyl (C=O) groups is 1. The molecule has 0 bridgehead atoms. The van der Waals surface area contributed by atoms with Gasteiger partial charge in [0.05, 0.1) is 6.10 Å². The predicted octanol–water partition coefficient (Wildman–Crippen LogP) is 2.64. The highest BCUT2D eigenvalue weighted by molar-refractivity contribution is 5.78. The molecule has 4 rings (SSSR count). The molecule has 1 amide bonds. The first-order chi connectivity index (χ1) is 13.7. The summed E-state index contributed by atoms with van der Waals surface area (Å²) in [4.78, 5) is 16.8. The van der Waals surface area contributed by atoms with Gasteiger partial charge >= 0.3 is 0 Å². The molecule has 1 fully saturated rings. The molecule has 1 heterocycles. The van der Waals surface area contributed by atoms with Gasteiger partial charge in [0.25, 0.3) is 0 Å². The van der Waals surface area contributed by atoms with Crippen molar-refractivity contribution in [1.82, 2.24) is 15.6 Å². The van der Waals surface area contributed by atoms with E-state index >= 15 is 0 Å². The Morgan fingerprint density at radius 1 is 1.14 bits per heavy atom. The lowest BCUT2D eigenvalue weighted by Gasteiger charge is -2.37. The molecule has 1 saturated carbocycles. The van der Waals surface area contributed by atoms with Crippen LogP contribution in [0, 0.1) is 5.92 Å². The van der Waals surface area contributed by atoms with Crippen LogP contribution in [0.3, 0.4) is 0 Å². The third-order valence-electron chi connectivity index (χ3n) is 6.15. The Labute approximate surface area is 166 Å². The predicted molar refractivity (Wildman–Crippen MR) is 109 cm³/mol. The van der Waals surface area contributed by atoms with Crippen molar-refractivity contribution in [3.63, 3.8) is 0 Å². The first-order valence-electron chi connectivity index (χ1n) is 10.2. The van der Waals surface area contributed by atoms with E-state index in [1.165, 1.54) is 11.1 Å². The van der Waals surface area contributed by atoms with Gasteiger partial charge in [-0.1, -0.05) is 30.3 Å². The zero-order valence-corrected chi connectivity index (χ0v) is 16.4. The number of aromatic nitrogens is 1. The third-order valence-corrected chi connectivity index (χ3v) is 6.15. The summed E-state index contributed by atoms with van der Waals surface area (Å²) in [5.74, 6) is 0.171. The van der Waals surface area contributed by atoms with E-state index in [1.807, 2.05) is 12.1 Å². The Hall–Kier alpha value is -2.24. The van der Waals surface area contributed by atoms with Gasteiger partial charge in [0.1, 0.15) is 0 Å². The third kappa shape index (κ3) is 4.42. The van der Waals surface area contributed by atoms with Crippen LogP contribution in [0.1, 0.15) is 36.0 Å². The van der Waals surface area contributed by atoms with Crippen LogP contribution >= 0.6 is 0 Å². The van der Waals surface area contributed by atoms with E-state index in [0.717, 1.165) is 37.7 Å². The standard InChI is InChI=1S/C23H29N3O2/c1-28-22-9-8-19(23(27)25-15-16-5-4-10-24-14-16)13-21(22)26-20-11-17-6-2-3-7-18(17)12-20/h2-7,10,14,19-22,26H,8-9,11-13,15H2,1H3,(H,25,27)/t19-,21+,22+/m0/s1. The van der Waals surface area contributed by atoms with Crippen LogP contribution in [0.15, 0.2) is 48.8 Å². The molecule has 0 saturated heterocycles. The second-order valence-corrected chi connectivity index (χ2v) is 8.01. The lowest BCUT2D eigenvalue weighted by atomic mass is 9.82. The van der Waals surface area contributed by atoms with Crippen LogP contribution in [0.25, 0.3) is 0 Å². The maximum atomic E-state index is 12.7. The smallest absolute Gasteiger partial charge is 0.223 e. The fraction of sp³-hybridized carbons (Fsp3) is 0.478. The molecule has 28 heavy (non-hydrogen) atoms. The van der Waals surface area contributed by atoms with E-state index in [-0.39, 0.29) is 24.0 Å². The fourth-order valence-electron chi connectivity index (χ4n) is 4.65. The average Bonchev–Trinajstić information content (AvgIpc) is 3.15. The lowest BCUT2D eigenvalue weighted by Crippen LogP contribution is -2.51. The molecule has 0 aliphatic heterocycles. The van der Waals surface area contributed by atoms with Crippen LogP contribution in [0.5, 0.6) is 0 Å². The number of nitrogens with one attached hydrogen (secondary N) is 2. The van der Waals surface area contributed by atoms with Gasteiger partial charge < -0.3 is 15.4 Å². The number of benzene rings is 1. The maximum Gasteiger partial charge on any atom is 0.223 e. The van der Waals surface area contributed by atoms with Crippen LogP contribution < -0.4 is 10.6 Å². The Kier molecular flexibility index (Phi) is 6.03. The molecule has 0 unspecified atom stereocenters. The summed E-state index contributed by atoms with van der Waals surface area (Å²) in [6, 6.07) is 13.2. The molecule has 1 aromatic heterocycles. The number of hydrogen-bond donors (Lipinski definition) is 2. The molecule has 2 N–H and O–H groups in total. The first-order valence-corrected chi connectivity index (χ1v) is 10.2. The van der Waals surface area contributed by atoms with E-state index in [4.69, 9.17) is 4.74 Å². The normalized spacial score (nSPS) is 24.7. The lowest BCUT2D eigenvalue weighted by molar-refractivity contribution is -0.127. The van der Waals surface area contributed by atoms with E-state index in [0.29, 0.717) is 12.6 Å². The van der Waals surface area contributed by atoms with Gasteiger partial charge in [0.15, 0.2) is 0 Å². The van der Waals surface area contributed by atoms with E-state index < -0.39 is 0 Å². The van der Waals surface area contributed by atoms with E-state index in [2.05, 4.69) is 39.9 Å². The minimum atomic E-state index is 0.0318. The molecule has 148 valence electrons. The molecular formula is C23H29N3O2. The highest BCUT2D eigenvalue weighted by atomic mass is 16.5. The van der Waals surface area contributed by atoms with Crippen molar-refractivity contribution in [3.8, 4) is 0 Å². The van der Waals surface area contributed by atoms with Gasteiger partial charge in [-0.2, -0.15) is 0 Å². The number of methoxy groups -OCH3 is 1. The second kappa shape index (κ2) is 8.84. The molecular weight excluding hydrogens is 350 g/mol. The summed E-state index contributed by atoms with van der Waals surface area (Å²) in [7, 11) is 1.78.